The maximum Gasteiger partial charge on any atom is 0.0639 e. The SMILES string of the molecule is CC[C@@H]1CN(CCCOC)CCN1C[C@@H](C)O. The van der Waals surface area contributed by atoms with Gasteiger partial charge in [-0.25, -0.2) is 0 Å². The second-order valence-corrected chi connectivity index (χ2v) is 5.05. The van der Waals surface area contributed by atoms with Crippen LogP contribution in [0.5, 0.6) is 0 Å². The molecule has 0 saturated carbocycles. The minimum atomic E-state index is -0.218. The van der Waals surface area contributed by atoms with E-state index in [-0.39, 0.29) is 6.10 Å². The van der Waals surface area contributed by atoms with Gasteiger partial charge in [0.15, 0.2) is 0 Å². The lowest BCUT2D eigenvalue weighted by molar-refractivity contribution is 0.0337. The van der Waals surface area contributed by atoms with Gasteiger partial charge < -0.3 is 14.7 Å². The van der Waals surface area contributed by atoms with Crippen molar-refractivity contribution >= 4 is 0 Å². The third-order valence-corrected chi connectivity index (χ3v) is 3.48. The Bertz CT molecular complexity index is 200. The summed E-state index contributed by atoms with van der Waals surface area (Å²) in [5, 5.41) is 9.49. The molecule has 1 N–H and O–H groups in total. The van der Waals surface area contributed by atoms with Gasteiger partial charge in [0.1, 0.15) is 0 Å². The number of nitrogens with zero attached hydrogens (tertiary/aromatic N) is 2. The van der Waals surface area contributed by atoms with Crippen LogP contribution in [0.4, 0.5) is 0 Å². The summed E-state index contributed by atoms with van der Waals surface area (Å²) in [7, 11) is 1.76. The molecule has 1 heterocycles. The van der Waals surface area contributed by atoms with Crippen LogP contribution in [0.1, 0.15) is 26.7 Å². The maximum absolute atomic E-state index is 9.49. The highest BCUT2D eigenvalue weighted by atomic mass is 16.5. The van der Waals surface area contributed by atoms with Crippen LogP contribution in [0, 0.1) is 0 Å². The van der Waals surface area contributed by atoms with Crippen LogP contribution in [0.15, 0.2) is 0 Å². The zero-order valence-corrected chi connectivity index (χ0v) is 11.6. The Morgan fingerprint density at radius 3 is 2.76 bits per heavy atom. The molecule has 0 aromatic heterocycles. The minimum absolute atomic E-state index is 0.218. The number of rotatable bonds is 7. The monoisotopic (exact) mass is 244 g/mol. The number of piperazine rings is 1. The van der Waals surface area contributed by atoms with E-state index in [2.05, 4.69) is 16.7 Å². The Hall–Kier alpha value is -0.160. The molecular formula is C13H28N2O2. The van der Waals surface area contributed by atoms with Gasteiger partial charge in [0.2, 0.25) is 0 Å². The van der Waals surface area contributed by atoms with Crippen molar-refractivity contribution < 1.29 is 9.84 Å². The predicted molar refractivity (Wildman–Crippen MR) is 70.3 cm³/mol. The van der Waals surface area contributed by atoms with Crippen LogP contribution in [0.2, 0.25) is 0 Å². The number of methoxy groups -OCH3 is 1. The molecule has 0 radical (unpaired) electrons. The second kappa shape index (κ2) is 8.03. The molecule has 1 aliphatic rings. The Balaban J connectivity index is 2.32. The topological polar surface area (TPSA) is 35.9 Å². The van der Waals surface area contributed by atoms with E-state index in [0.29, 0.717) is 6.04 Å². The van der Waals surface area contributed by atoms with Crippen molar-refractivity contribution in [2.45, 2.75) is 38.8 Å². The Morgan fingerprint density at radius 1 is 1.41 bits per heavy atom. The maximum atomic E-state index is 9.49. The van der Waals surface area contributed by atoms with Gasteiger partial charge in [-0.2, -0.15) is 0 Å². The zero-order valence-electron chi connectivity index (χ0n) is 11.6. The van der Waals surface area contributed by atoms with E-state index in [1.165, 1.54) is 0 Å². The number of aliphatic hydroxyl groups excluding tert-OH is 1. The van der Waals surface area contributed by atoms with E-state index in [0.717, 1.165) is 52.2 Å². The van der Waals surface area contributed by atoms with Gasteiger partial charge in [-0.15, -0.1) is 0 Å². The number of hydrogen-bond donors (Lipinski definition) is 1. The summed E-state index contributed by atoms with van der Waals surface area (Å²) >= 11 is 0. The molecule has 0 aromatic rings. The summed E-state index contributed by atoms with van der Waals surface area (Å²) in [4.78, 5) is 4.95. The highest BCUT2D eigenvalue weighted by Gasteiger charge is 2.25. The van der Waals surface area contributed by atoms with Crippen LogP contribution < -0.4 is 0 Å². The average molecular weight is 244 g/mol. The van der Waals surface area contributed by atoms with Gasteiger partial charge in [0, 0.05) is 52.5 Å². The molecule has 0 amide bonds. The molecule has 0 aliphatic carbocycles. The third-order valence-electron chi connectivity index (χ3n) is 3.48. The Morgan fingerprint density at radius 2 is 2.18 bits per heavy atom. The van der Waals surface area contributed by atoms with E-state index in [1.54, 1.807) is 7.11 Å². The number of hydrogen-bond acceptors (Lipinski definition) is 4. The lowest BCUT2D eigenvalue weighted by Crippen LogP contribution is -2.54. The molecule has 0 spiro atoms. The van der Waals surface area contributed by atoms with Gasteiger partial charge in [0.25, 0.3) is 0 Å². The van der Waals surface area contributed by atoms with E-state index in [1.807, 2.05) is 6.92 Å². The van der Waals surface area contributed by atoms with E-state index in [9.17, 15) is 5.11 Å². The molecule has 17 heavy (non-hydrogen) atoms. The highest BCUT2D eigenvalue weighted by molar-refractivity contribution is 4.82. The third kappa shape index (κ3) is 5.34. The van der Waals surface area contributed by atoms with Crippen molar-refractivity contribution in [2.75, 3.05) is 46.4 Å². The molecule has 0 unspecified atom stereocenters. The fraction of sp³-hybridized carbons (Fsp3) is 1.00. The first-order valence-corrected chi connectivity index (χ1v) is 6.80. The summed E-state index contributed by atoms with van der Waals surface area (Å²) < 4.78 is 5.09. The summed E-state index contributed by atoms with van der Waals surface area (Å²) in [6.07, 6.45) is 2.06. The molecule has 1 fully saturated rings. The predicted octanol–water partition coefficient (Wildman–Crippen LogP) is 0.800. The molecule has 2 atom stereocenters. The molecule has 0 bridgehead atoms. The normalized spacial score (nSPS) is 25.1. The minimum Gasteiger partial charge on any atom is -0.392 e. The van der Waals surface area contributed by atoms with Crippen molar-refractivity contribution in [1.82, 2.24) is 9.80 Å². The molecule has 1 saturated heterocycles. The first kappa shape index (κ1) is 14.9. The average Bonchev–Trinajstić information content (AvgIpc) is 2.30. The molecule has 4 heteroatoms. The molecule has 1 rings (SSSR count). The first-order chi connectivity index (χ1) is 8.17. The number of aliphatic hydroxyl groups is 1. The summed E-state index contributed by atoms with van der Waals surface area (Å²) in [5.41, 5.74) is 0. The van der Waals surface area contributed by atoms with Crippen molar-refractivity contribution in [3.63, 3.8) is 0 Å². The van der Waals surface area contributed by atoms with Gasteiger partial charge >= 0.3 is 0 Å². The van der Waals surface area contributed by atoms with Gasteiger partial charge in [-0.1, -0.05) is 6.92 Å². The number of ether oxygens (including phenoxy) is 1. The van der Waals surface area contributed by atoms with Crippen molar-refractivity contribution in [1.29, 1.82) is 0 Å². The van der Waals surface area contributed by atoms with Crippen LogP contribution in [-0.4, -0.2) is 73.5 Å². The Kier molecular flexibility index (Phi) is 7.04. The second-order valence-electron chi connectivity index (χ2n) is 5.05. The van der Waals surface area contributed by atoms with Gasteiger partial charge in [-0.3, -0.25) is 4.90 Å². The number of β-amino-alcohol motifs (C(OH)–C–C–N with tert-alkyl or cyclic N) is 1. The van der Waals surface area contributed by atoms with Gasteiger partial charge in [0.05, 0.1) is 6.10 Å². The summed E-state index contributed by atoms with van der Waals surface area (Å²) in [5.74, 6) is 0. The first-order valence-electron chi connectivity index (χ1n) is 6.80. The van der Waals surface area contributed by atoms with Crippen molar-refractivity contribution in [3.05, 3.63) is 0 Å². The van der Waals surface area contributed by atoms with E-state index >= 15 is 0 Å². The lowest BCUT2D eigenvalue weighted by Gasteiger charge is -2.41. The van der Waals surface area contributed by atoms with E-state index < -0.39 is 0 Å². The van der Waals surface area contributed by atoms with Crippen LogP contribution in [0.25, 0.3) is 0 Å². The quantitative estimate of drug-likeness (QED) is 0.672. The highest BCUT2D eigenvalue weighted by Crippen LogP contribution is 2.13. The lowest BCUT2D eigenvalue weighted by atomic mass is 10.1. The molecule has 102 valence electrons. The van der Waals surface area contributed by atoms with Crippen LogP contribution in [-0.2, 0) is 4.74 Å². The standard InChI is InChI=1S/C13H28N2O2/c1-4-13-11-14(6-5-9-17-3)7-8-15(13)10-12(2)16/h12-13,16H,4-11H2,1-3H3/t12-,13-/m1/s1. The van der Waals surface area contributed by atoms with Crippen LogP contribution >= 0.6 is 0 Å². The summed E-state index contributed by atoms with van der Waals surface area (Å²) in [6, 6.07) is 0.598. The van der Waals surface area contributed by atoms with Gasteiger partial charge in [-0.05, 0) is 19.8 Å². The van der Waals surface area contributed by atoms with Crippen LogP contribution in [0.3, 0.4) is 0 Å². The molecule has 0 aromatic carbocycles. The molecule has 1 aliphatic heterocycles. The smallest absolute Gasteiger partial charge is 0.0639 e. The van der Waals surface area contributed by atoms with E-state index in [4.69, 9.17) is 4.74 Å². The molecule has 4 nitrogen and oxygen atoms in total. The fourth-order valence-electron chi connectivity index (χ4n) is 2.56. The Labute approximate surface area is 106 Å². The van der Waals surface area contributed by atoms with Crippen molar-refractivity contribution in [2.24, 2.45) is 0 Å². The largest absolute Gasteiger partial charge is 0.392 e. The van der Waals surface area contributed by atoms with Crippen molar-refractivity contribution in [3.8, 4) is 0 Å². The summed E-state index contributed by atoms with van der Waals surface area (Å²) in [6.45, 7) is 10.2. The zero-order chi connectivity index (χ0) is 12.7. The molecular weight excluding hydrogens is 216 g/mol. The fourth-order valence-corrected chi connectivity index (χ4v) is 2.56.